The van der Waals surface area contributed by atoms with Gasteiger partial charge in [0.25, 0.3) is 5.91 Å². The van der Waals surface area contributed by atoms with E-state index in [1.54, 1.807) is 18.2 Å². The van der Waals surface area contributed by atoms with E-state index in [2.05, 4.69) is 5.32 Å². The second-order valence-corrected chi connectivity index (χ2v) is 5.71. The minimum Gasteiger partial charge on any atom is -0.478 e. The number of hydrogen-bond acceptors (Lipinski definition) is 4. The van der Waals surface area contributed by atoms with E-state index >= 15 is 0 Å². The number of carboxylic acid groups (broad SMARTS) is 1. The molecule has 2 N–H and O–H groups in total. The average molecular weight is 346 g/mol. The molecule has 6 nitrogen and oxygen atoms in total. The molecule has 3 rings (SSSR count). The first-order valence-corrected chi connectivity index (χ1v) is 7.45. The summed E-state index contributed by atoms with van der Waals surface area (Å²) in [7, 11) is 0. The number of carbonyl (C=O) groups excluding carboxylic acids is 2. The zero-order chi connectivity index (χ0) is 17.3. The van der Waals surface area contributed by atoms with Gasteiger partial charge in [-0.1, -0.05) is 11.6 Å². The monoisotopic (exact) mass is 345 g/mol. The molecular weight excluding hydrogens is 334 g/mol. The van der Waals surface area contributed by atoms with Gasteiger partial charge in [-0.2, -0.15) is 0 Å². The van der Waals surface area contributed by atoms with Gasteiger partial charge < -0.3 is 15.2 Å². The maximum absolute atomic E-state index is 12.3. The fraction of sp³-hybridized carbons (Fsp3) is 0.118. The number of halogens is 1. The lowest BCUT2D eigenvalue weighted by Gasteiger charge is -2.24. The Labute approximate surface area is 142 Å². The molecule has 0 aromatic heterocycles. The van der Waals surface area contributed by atoms with Crippen LogP contribution in [0.25, 0.3) is 0 Å². The third-order valence-electron chi connectivity index (χ3n) is 3.63. The van der Waals surface area contributed by atoms with Crippen LogP contribution in [0.4, 0.5) is 5.69 Å². The van der Waals surface area contributed by atoms with Crippen LogP contribution in [-0.2, 0) is 16.0 Å². The van der Waals surface area contributed by atoms with E-state index in [0.717, 1.165) is 0 Å². The number of amides is 1. The van der Waals surface area contributed by atoms with E-state index in [-0.39, 0.29) is 12.0 Å². The van der Waals surface area contributed by atoms with Crippen LogP contribution >= 0.6 is 11.6 Å². The second kappa shape index (κ2) is 6.33. The Kier molecular flexibility index (Phi) is 4.22. The summed E-state index contributed by atoms with van der Waals surface area (Å²) in [6.45, 7) is 0. The number of cyclic esters (lactones) is 1. The molecular formula is C17H12ClNO5. The van der Waals surface area contributed by atoms with Crippen LogP contribution in [0.5, 0.6) is 0 Å². The van der Waals surface area contributed by atoms with E-state index in [9.17, 15) is 14.4 Å². The number of esters is 1. The van der Waals surface area contributed by atoms with Gasteiger partial charge in [0.2, 0.25) is 0 Å². The van der Waals surface area contributed by atoms with Crippen LogP contribution in [0.15, 0.2) is 42.5 Å². The molecule has 1 unspecified atom stereocenters. The van der Waals surface area contributed by atoms with Gasteiger partial charge in [0.05, 0.1) is 11.1 Å². The van der Waals surface area contributed by atoms with Crippen molar-refractivity contribution in [3.63, 3.8) is 0 Å². The molecule has 0 saturated carbocycles. The Morgan fingerprint density at radius 1 is 1.17 bits per heavy atom. The summed E-state index contributed by atoms with van der Waals surface area (Å²) in [6.07, 6.45) is -0.747. The number of rotatable bonds is 3. The van der Waals surface area contributed by atoms with E-state index in [0.29, 0.717) is 21.8 Å². The molecule has 0 aliphatic carbocycles. The summed E-state index contributed by atoms with van der Waals surface area (Å²) < 4.78 is 5.16. The predicted octanol–water partition coefficient (Wildman–Crippen LogP) is 2.76. The molecule has 1 amide bonds. The Morgan fingerprint density at radius 2 is 1.88 bits per heavy atom. The molecule has 0 radical (unpaired) electrons. The Bertz CT molecular complexity index is 831. The summed E-state index contributed by atoms with van der Waals surface area (Å²) in [5.41, 5.74) is 1.58. The number of nitrogens with one attached hydrogen (secondary N) is 1. The first-order valence-electron chi connectivity index (χ1n) is 7.07. The third-order valence-corrected chi connectivity index (χ3v) is 3.87. The topological polar surface area (TPSA) is 92.7 Å². The number of carbonyl (C=O) groups is 3. The smallest absolute Gasteiger partial charge is 0.339 e. The van der Waals surface area contributed by atoms with Crippen LogP contribution in [-0.4, -0.2) is 29.1 Å². The minimum atomic E-state index is -1.05. The van der Waals surface area contributed by atoms with Crippen molar-refractivity contribution in [3.05, 3.63) is 64.2 Å². The van der Waals surface area contributed by atoms with Crippen LogP contribution in [0, 0.1) is 0 Å². The van der Waals surface area contributed by atoms with Gasteiger partial charge >= 0.3 is 11.9 Å². The molecule has 2 aromatic rings. The standard InChI is InChI=1S/C17H12ClNO5/c18-11-3-6-13-10(7-11)8-14(24-17(13)23)15(20)19-12-4-1-9(2-5-12)16(21)22/h1-7,14H,8H2,(H,19,20)(H,21,22). The zero-order valence-electron chi connectivity index (χ0n) is 12.3. The molecule has 122 valence electrons. The Balaban J connectivity index is 1.74. The minimum absolute atomic E-state index is 0.112. The average Bonchev–Trinajstić information content (AvgIpc) is 2.54. The quantitative estimate of drug-likeness (QED) is 0.834. The van der Waals surface area contributed by atoms with E-state index in [1.165, 1.54) is 24.3 Å². The lowest BCUT2D eigenvalue weighted by atomic mass is 9.98. The summed E-state index contributed by atoms with van der Waals surface area (Å²) in [5.74, 6) is -2.12. The molecule has 0 bridgehead atoms. The largest absolute Gasteiger partial charge is 0.478 e. The Hall–Kier alpha value is -2.86. The van der Waals surface area contributed by atoms with Gasteiger partial charge in [0.15, 0.2) is 6.10 Å². The number of anilines is 1. The van der Waals surface area contributed by atoms with E-state index in [1.807, 2.05) is 0 Å². The maximum atomic E-state index is 12.3. The summed E-state index contributed by atoms with van der Waals surface area (Å²) >= 11 is 5.92. The molecule has 0 fully saturated rings. The highest BCUT2D eigenvalue weighted by Crippen LogP contribution is 2.24. The highest BCUT2D eigenvalue weighted by Gasteiger charge is 2.31. The van der Waals surface area contributed by atoms with Crippen molar-refractivity contribution < 1.29 is 24.2 Å². The van der Waals surface area contributed by atoms with Crippen molar-refractivity contribution in [3.8, 4) is 0 Å². The number of aromatic carboxylic acids is 1. The molecule has 0 spiro atoms. The summed E-state index contributed by atoms with van der Waals surface area (Å²) in [4.78, 5) is 35.1. The van der Waals surface area contributed by atoms with Crippen LogP contribution in [0.2, 0.25) is 5.02 Å². The fourth-order valence-electron chi connectivity index (χ4n) is 2.43. The molecule has 1 atom stereocenters. The Morgan fingerprint density at radius 3 is 2.54 bits per heavy atom. The van der Waals surface area contributed by atoms with Crippen molar-refractivity contribution in [2.45, 2.75) is 12.5 Å². The van der Waals surface area contributed by atoms with Gasteiger partial charge in [-0.15, -0.1) is 0 Å². The lowest BCUT2D eigenvalue weighted by molar-refractivity contribution is -0.125. The number of ether oxygens (including phenoxy) is 1. The molecule has 0 saturated heterocycles. The highest BCUT2D eigenvalue weighted by molar-refractivity contribution is 6.30. The van der Waals surface area contributed by atoms with Crippen molar-refractivity contribution >= 4 is 35.1 Å². The number of hydrogen-bond donors (Lipinski definition) is 2. The lowest BCUT2D eigenvalue weighted by Crippen LogP contribution is -2.38. The molecule has 1 aliphatic rings. The van der Waals surface area contributed by atoms with Crippen LogP contribution in [0.1, 0.15) is 26.3 Å². The van der Waals surface area contributed by atoms with Gasteiger partial charge in [-0.3, -0.25) is 4.79 Å². The number of benzene rings is 2. The van der Waals surface area contributed by atoms with Crippen molar-refractivity contribution in [1.82, 2.24) is 0 Å². The fourth-order valence-corrected chi connectivity index (χ4v) is 2.62. The van der Waals surface area contributed by atoms with Crippen molar-refractivity contribution in [2.75, 3.05) is 5.32 Å². The van der Waals surface area contributed by atoms with Gasteiger partial charge in [0.1, 0.15) is 0 Å². The summed E-state index contributed by atoms with van der Waals surface area (Å²) in [5, 5.41) is 11.9. The molecule has 2 aromatic carbocycles. The first-order chi connectivity index (χ1) is 11.4. The number of fused-ring (bicyclic) bond motifs is 1. The zero-order valence-corrected chi connectivity index (χ0v) is 13.0. The second-order valence-electron chi connectivity index (χ2n) is 5.27. The molecule has 1 aliphatic heterocycles. The van der Waals surface area contributed by atoms with E-state index < -0.39 is 23.9 Å². The summed E-state index contributed by atoms with van der Waals surface area (Å²) in [6, 6.07) is 10.5. The normalized spacial score (nSPS) is 16.0. The van der Waals surface area contributed by atoms with Crippen molar-refractivity contribution in [1.29, 1.82) is 0 Å². The first kappa shape index (κ1) is 16.0. The maximum Gasteiger partial charge on any atom is 0.339 e. The predicted molar refractivity (Wildman–Crippen MR) is 86.4 cm³/mol. The van der Waals surface area contributed by atoms with Gasteiger partial charge in [-0.05, 0) is 48.0 Å². The molecule has 24 heavy (non-hydrogen) atoms. The molecule has 1 heterocycles. The van der Waals surface area contributed by atoms with Gasteiger partial charge in [0, 0.05) is 17.1 Å². The van der Waals surface area contributed by atoms with Crippen LogP contribution < -0.4 is 5.32 Å². The van der Waals surface area contributed by atoms with Gasteiger partial charge in [-0.25, -0.2) is 9.59 Å². The van der Waals surface area contributed by atoms with Crippen molar-refractivity contribution in [2.24, 2.45) is 0 Å². The van der Waals surface area contributed by atoms with Crippen LogP contribution in [0.3, 0.4) is 0 Å². The highest BCUT2D eigenvalue weighted by atomic mass is 35.5. The van der Waals surface area contributed by atoms with E-state index in [4.69, 9.17) is 21.4 Å². The molecule has 7 heteroatoms. The third kappa shape index (κ3) is 3.23. The SMILES string of the molecule is O=C(O)c1ccc(NC(=O)C2Cc3cc(Cl)ccc3C(=O)O2)cc1. The number of carboxylic acids is 1.